The van der Waals surface area contributed by atoms with Gasteiger partial charge < -0.3 is 10.4 Å². The highest BCUT2D eigenvalue weighted by atomic mass is 16.3. The number of hydrogen-bond acceptors (Lipinski definition) is 3. The molecule has 0 aliphatic heterocycles. The summed E-state index contributed by atoms with van der Waals surface area (Å²) in [4.78, 5) is 4.36. The van der Waals surface area contributed by atoms with Crippen LogP contribution in [0.3, 0.4) is 0 Å². The van der Waals surface area contributed by atoms with Gasteiger partial charge in [-0.3, -0.25) is 4.99 Å². The first-order chi connectivity index (χ1) is 8.31. The maximum absolute atomic E-state index is 9.61. The van der Waals surface area contributed by atoms with Crippen molar-refractivity contribution in [2.75, 3.05) is 12.4 Å². The molecule has 86 valence electrons. The van der Waals surface area contributed by atoms with Crippen molar-refractivity contribution in [3.05, 3.63) is 54.1 Å². The zero-order valence-corrected chi connectivity index (χ0v) is 9.59. The van der Waals surface area contributed by atoms with E-state index >= 15 is 0 Å². The SMILES string of the molecule is CNc1ccccc1N=Cc1ccccc1O. The Morgan fingerprint density at radius 3 is 2.53 bits per heavy atom. The molecule has 2 N–H and O–H groups in total. The number of para-hydroxylation sites is 3. The molecule has 2 aromatic carbocycles. The van der Waals surface area contributed by atoms with Gasteiger partial charge in [0, 0.05) is 18.8 Å². The number of hydrogen-bond donors (Lipinski definition) is 2. The Labute approximate surface area is 100 Å². The van der Waals surface area contributed by atoms with E-state index in [-0.39, 0.29) is 5.75 Å². The quantitative estimate of drug-likeness (QED) is 0.789. The van der Waals surface area contributed by atoms with E-state index in [0.29, 0.717) is 5.56 Å². The van der Waals surface area contributed by atoms with Gasteiger partial charge in [-0.1, -0.05) is 24.3 Å². The van der Waals surface area contributed by atoms with E-state index in [2.05, 4.69) is 10.3 Å². The summed E-state index contributed by atoms with van der Waals surface area (Å²) in [5, 5.41) is 12.7. The monoisotopic (exact) mass is 226 g/mol. The fourth-order valence-electron chi connectivity index (χ4n) is 1.53. The molecule has 0 heterocycles. The van der Waals surface area contributed by atoms with Crippen LogP contribution in [0.2, 0.25) is 0 Å². The van der Waals surface area contributed by atoms with Crippen LogP contribution in [0.5, 0.6) is 5.75 Å². The minimum atomic E-state index is 0.234. The average Bonchev–Trinajstić information content (AvgIpc) is 2.38. The van der Waals surface area contributed by atoms with Crippen molar-refractivity contribution >= 4 is 17.6 Å². The van der Waals surface area contributed by atoms with Crippen LogP contribution in [-0.2, 0) is 0 Å². The van der Waals surface area contributed by atoms with E-state index < -0.39 is 0 Å². The zero-order valence-electron chi connectivity index (χ0n) is 9.59. The van der Waals surface area contributed by atoms with Crippen molar-refractivity contribution in [3.8, 4) is 5.75 Å². The van der Waals surface area contributed by atoms with Crippen molar-refractivity contribution in [1.82, 2.24) is 0 Å². The molecule has 0 fully saturated rings. The molecule has 2 rings (SSSR count). The van der Waals surface area contributed by atoms with Crippen LogP contribution >= 0.6 is 0 Å². The maximum Gasteiger partial charge on any atom is 0.124 e. The number of aromatic hydroxyl groups is 1. The predicted molar refractivity (Wildman–Crippen MR) is 71.3 cm³/mol. The third kappa shape index (κ3) is 2.64. The molecule has 0 aliphatic rings. The summed E-state index contributed by atoms with van der Waals surface area (Å²) in [6.45, 7) is 0. The van der Waals surface area contributed by atoms with Crippen molar-refractivity contribution in [1.29, 1.82) is 0 Å². The van der Waals surface area contributed by atoms with Gasteiger partial charge >= 0.3 is 0 Å². The lowest BCUT2D eigenvalue weighted by Crippen LogP contribution is -1.88. The maximum atomic E-state index is 9.61. The van der Waals surface area contributed by atoms with Gasteiger partial charge in [0.15, 0.2) is 0 Å². The fourth-order valence-corrected chi connectivity index (χ4v) is 1.53. The molecule has 0 amide bonds. The summed E-state index contributed by atoms with van der Waals surface area (Å²) in [6, 6.07) is 14.9. The van der Waals surface area contributed by atoms with Gasteiger partial charge in [-0.05, 0) is 24.3 Å². The molecule has 0 radical (unpaired) electrons. The molecule has 0 atom stereocenters. The average molecular weight is 226 g/mol. The van der Waals surface area contributed by atoms with Crippen LogP contribution in [-0.4, -0.2) is 18.4 Å². The van der Waals surface area contributed by atoms with Crippen molar-refractivity contribution < 1.29 is 5.11 Å². The summed E-state index contributed by atoms with van der Waals surface area (Å²) < 4.78 is 0. The Morgan fingerprint density at radius 1 is 1.06 bits per heavy atom. The number of benzene rings is 2. The Kier molecular flexibility index (Phi) is 3.40. The van der Waals surface area contributed by atoms with Gasteiger partial charge in [-0.15, -0.1) is 0 Å². The summed E-state index contributed by atoms with van der Waals surface area (Å²) in [7, 11) is 1.86. The van der Waals surface area contributed by atoms with Crippen LogP contribution in [0.4, 0.5) is 11.4 Å². The smallest absolute Gasteiger partial charge is 0.124 e. The van der Waals surface area contributed by atoms with Gasteiger partial charge in [-0.25, -0.2) is 0 Å². The normalized spacial score (nSPS) is 10.6. The highest BCUT2D eigenvalue weighted by Crippen LogP contribution is 2.24. The third-order valence-electron chi connectivity index (χ3n) is 2.45. The number of nitrogens with zero attached hydrogens (tertiary/aromatic N) is 1. The van der Waals surface area contributed by atoms with E-state index in [4.69, 9.17) is 0 Å². The van der Waals surface area contributed by atoms with Gasteiger partial charge in [0.1, 0.15) is 5.75 Å². The number of phenols is 1. The van der Waals surface area contributed by atoms with E-state index in [0.717, 1.165) is 11.4 Å². The largest absolute Gasteiger partial charge is 0.507 e. The Bertz CT molecular complexity index is 535. The first kappa shape index (κ1) is 11.2. The summed E-state index contributed by atoms with van der Waals surface area (Å²) >= 11 is 0. The summed E-state index contributed by atoms with van der Waals surface area (Å²) in [5.74, 6) is 0.234. The molecule has 0 aliphatic carbocycles. The third-order valence-corrected chi connectivity index (χ3v) is 2.45. The molecule has 2 aromatic rings. The topological polar surface area (TPSA) is 44.6 Å². The second-order valence-electron chi connectivity index (χ2n) is 3.58. The molecule has 17 heavy (non-hydrogen) atoms. The summed E-state index contributed by atoms with van der Waals surface area (Å²) in [5.41, 5.74) is 2.51. The van der Waals surface area contributed by atoms with Crippen LogP contribution in [0.25, 0.3) is 0 Å². The number of phenolic OH excluding ortho intramolecular Hbond substituents is 1. The van der Waals surface area contributed by atoms with Gasteiger partial charge in [0.05, 0.1) is 11.4 Å². The van der Waals surface area contributed by atoms with Crippen molar-refractivity contribution in [2.24, 2.45) is 4.99 Å². The number of rotatable bonds is 3. The molecular formula is C14H14N2O. The Morgan fingerprint density at radius 2 is 1.76 bits per heavy atom. The highest BCUT2D eigenvalue weighted by molar-refractivity contribution is 5.86. The molecule has 0 unspecified atom stereocenters. The standard InChI is InChI=1S/C14H14N2O/c1-15-12-7-3-4-8-13(12)16-10-11-6-2-5-9-14(11)17/h2-10,15,17H,1H3. The number of anilines is 1. The number of nitrogens with one attached hydrogen (secondary N) is 1. The lowest BCUT2D eigenvalue weighted by atomic mass is 10.2. The molecule has 0 saturated heterocycles. The number of aliphatic imine (C=N–C) groups is 1. The molecule has 0 saturated carbocycles. The van der Waals surface area contributed by atoms with Crippen LogP contribution in [0, 0.1) is 0 Å². The van der Waals surface area contributed by atoms with E-state index in [9.17, 15) is 5.11 Å². The van der Waals surface area contributed by atoms with Gasteiger partial charge in [-0.2, -0.15) is 0 Å². The highest BCUT2D eigenvalue weighted by Gasteiger charge is 1.98. The van der Waals surface area contributed by atoms with Crippen LogP contribution in [0.15, 0.2) is 53.5 Å². The molecular weight excluding hydrogens is 212 g/mol. The first-order valence-corrected chi connectivity index (χ1v) is 5.40. The second kappa shape index (κ2) is 5.16. The second-order valence-corrected chi connectivity index (χ2v) is 3.58. The van der Waals surface area contributed by atoms with E-state index in [1.165, 1.54) is 0 Å². The van der Waals surface area contributed by atoms with E-state index in [1.54, 1.807) is 18.3 Å². The first-order valence-electron chi connectivity index (χ1n) is 5.40. The van der Waals surface area contributed by atoms with Crippen molar-refractivity contribution in [2.45, 2.75) is 0 Å². The zero-order chi connectivity index (χ0) is 12.1. The summed E-state index contributed by atoms with van der Waals surface area (Å²) in [6.07, 6.45) is 1.66. The Balaban J connectivity index is 2.29. The molecule has 3 nitrogen and oxygen atoms in total. The molecule has 3 heteroatoms. The van der Waals surface area contributed by atoms with Crippen LogP contribution in [0.1, 0.15) is 5.56 Å². The lowest BCUT2D eigenvalue weighted by Gasteiger charge is -2.03. The minimum Gasteiger partial charge on any atom is -0.507 e. The van der Waals surface area contributed by atoms with Crippen molar-refractivity contribution in [3.63, 3.8) is 0 Å². The predicted octanol–water partition coefficient (Wildman–Crippen LogP) is 3.18. The Hall–Kier alpha value is -2.29. The minimum absolute atomic E-state index is 0.234. The molecule has 0 spiro atoms. The molecule has 0 bridgehead atoms. The fraction of sp³-hybridized carbons (Fsp3) is 0.0714. The van der Waals surface area contributed by atoms with Crippen LogP contribution < -0.4 is 5.32 Å². The van der Waals surface area contributed by atoms with E-state index in [1.807, 2.05) is 43.4 Å². The lowest BCUT2D eigenvalue weighted by molar-refractivity contribution is 0.474. The van der Waals surface area contributed by atoms with Gasteiger partial charge in [0.2, 0.25) is 0 Å². The van der Waals surface area contributed by atoms with Gasteiger partial charge in [0.25, 0.3) is 0 Å². The molecule has 0 aromatic heterocycles.